The van der Waals surface area contributed by atoms with Crippen molar-refractivity contribution in [1.82, 2.24) is 5.32 Å². The number of methoxy groups -OCH3 is 1. The first-order chi connectivity index (χ1) is 10.6. The van der Waals surface area contributed by atoms with E-state index in [9.17, 15) is 9.59 Å². The Morgan fingerprint density at radius 1 is 1.45 bits per heavy atom. The van der Waals surface area contributed by atoms with Crippen LogP contribution in [0.4, 0.5) is 5.69 Å². The Hall–Kier alpha value is -1.79. The Morgan fingerprint density at radius 3 is 2.86 bits per heavy atom. The van der Waals surface area contributed by atoms with E-state index in [-0.39, 0.29) is 30.8 Å². The standard InChI is InChI=1S/C15H19ClN2O4/c1-22-11-2-3-12-10(8-11)9-17-13(4-5-15(20)21)18(12)14(19)6-7-16/h2-3,8,13,17H,4-7,9H2,1H3,(H,20,21)/t13-/m1/s1. The molecule has 1 aromatic rings. The SMILES string of the molecule is COc1ccc2c(c1)CN[C@@H](CCC(=O)O)N2C(=O)CCCl. The fourth-order valence-corrected chi connectivity index (χ4v) is 2.71. The summed E-state index contributed by atoms with van der Waals surface area (Å²) in [4.78, 5) is 24.8. The predicted molar refractivity (Wildman–Crippen MR) is 83.3 cm³/mol. The van der Waals surface area contributed by atoms with E-state index in [4.69, 9.17) is 21.4 Å². The summed E-state index contributed by atoms with van der Waals surface area (Å²) >= 11 is 5.68. The molecule has 1 aromatic carbocycles. The van der Waals surface area contributed by atoms with Crippen molar-refractivity contribution in [2.24, 2.45) is 0 Å². The van der Waals surface area contributed by atoms with Gasteiger partial charge in [-0.25, -0.2) is 0 Å². The smallest absolute Gasteiger partial charge is 0.303 e. The Morgan fingerprint density at radius 2 is 2.23 bits per heavy atom. The van der Waals surface area contributed by atoms with Gasteiger partial charge in [-0.05, 0) is 30.2 Å². The summed E-state index contributed by atoms with van der Waals surface area (Å²) in [7, 11) is 1.59. The molecular weight excluding hydrogens is 308 g/mol. The van der Waals surface area contributed by atoms with Crippen molar-refractivity contribution in [1.29, 1.82) is 0 Å². The summed E-state index contributed by atoms with van der Waals surface area (Å²) < 4.78 is 5.20. The van der Waals surface area contributed by atoms with E-state index < -0.39 is 5.97 Å². The molecule has 0 aromatic heterocycles. The number of carboxylic acids is 1. The monoisotopic (exact) mass is 326 g/mol. The molecule has 1 heterocycles. The van der Waals surface area contributed by atoms with Gasteiger partial charge >= 0.3 is 5.97 Å². The van der Waals surface area contributed by atoms with E-state index >= 15 is 0 Å². The second-order valence-electron chi connectivity index (χ2n) is 5.03. The molecule has 0 saturated carbocycles. The van der Waals surface area contributed by atoms with Gasteiger partial charge in [-0.1, -0.05) is 0 Å². The molecule has 0 unspecified atom stereocenters. The highest BCUT2D eigenvalue weighted by atomic mass is 35.5. The van der Waals surface area contributed by atoms with Crippen LogP contribution in [0.1, 0.15) is 24.8 Å². The zero-order chi connectivity index (χ0) is 16.1. The van der Waals surface area contributed by atoms with Gasteiger partial charge in [0, 0.05) is 25.3 Å². The molecule has 0 fully saturated rings. The lowest BCUT2D eigenvalue weighted by Crippen LogP contribution is -2.52. The maximum atomic E-state index is 12.4. The normalized spacial score (nSPS) is 17.0. The number of halogens is 1. The number of anilines is 1. The molecule has 120 valence electrons. The zero-order valence-corrected chi connectivity index (χ0v) is 13.1. The number of ether oxygens (including phenoxy) is 1. The number of benzene rings is 1. The van der Waals surface area contributed by atoms with Crippen LogP contribution in [0.2, 0.25) is 0 Å². The summed E-state index contributed by atoms with van der Waals surface area (Å²) in [6.07, 6.45) is 0.202. The van der Waals surface area contributed by atoms with Crippen LogP contribution < -0.4 is 15.0 Å². The topological polar surface area (TPSA) is 78.9 Å². The molecule has 6 nitrogen and oxygen atoms in total. The summed E-state index contributed by atoms with van der Waals surface area (Å²) in [5.41, 5.74) is 1.72. The number of nitrogens with zero attached hydrogens (tertiary/aromatic N) is 1. The maximum absolute atomic E-state index is 12.4. The zero-order valence-electron chi connectivity index (χ0n) is 12.3. The van der Waals surface area contributed by atoms with Gasteiger partial charge in [0.05, 0.1) is 19.0 Å². The fraction of sp³-hybridized carbons (Fsp3) is 0.467. The summed E-state index contributed by atoms with van der Waals surface area (Å²) in [5, 5.41) is 12.1. The number of nitrogens with one attached hydrogen (secondary N) is 1. The third-order valence-corrected chi connectivity index (χ3v) is 3.78. The van der Waals surface area contributed by atoms with Gasteiger partial charge < -0.3 is 9.84 Å². The summed E-state index contributed by atoms with van der Waals surface area (Å²) in [6, 6.07) is 5.49. The minimum atomic E-state index is -0.882. The maximum Gasteiger partial charge on any atom is 0.303 e. The van der Waals surface area contributed by atoms with Crippen LogP contribution in [-0.4, -0.2) is 36.1 Å². The number of hydrogen-bond donors (Lipinski definition) is 2. The fourth-order valence-electron chi connectivity index (χ4n) is 2.55. The van der Waals surface area contributed by atoms with Gasteiger partial charge in [-0.2, -0.15) is 0 Å². The average Bonchev–Trinajstić information content (AvgIpc) is 2.51. The minimum absolute atomic E-state index is 0.00614. The molecule has 0 saturated heterocycles. The van der Waals surface area contributed by atoms with Gasteiger partial charge in [-0.15, -0.1) is 11.6 Å². The number of hydrogen-bond acceptors (Lipinski definition) is 4. The first-order valence-electron chi connectivity index (χ1n) is 7.07. The van der Waals surface area contributed by atoms with E-state index in [1.54, 1.807) is 18.1 Å². The van der Waals surface area contributed by atoms with Gasteiger partial charge in [-0.3, -0.25) is 19.8 Å². The minimum Gasteiger partial charge on any atom is -0.497 e. The molecule has 1 aliphatic rings. The molecule has 2 rings (SSSR count). The molecule has 2 N–H and O–H groups in total. The Kier molecular flexibility index (Phi) is 5.63. The number of aliphatic carboxylic acids is 1. The van der Waals surface area contributed by atoms with Gasteiger partial charge in [0.1, 0.15) is 5.75 Å². The second kappa shape index (κ2) is 7.47. The van der Waals surface area contributed by atoms with Crippen molar-refractivity contribution in [3.05, 3.63) is 23.8 Å². The van der Waals surface area contributed by atoms with Crippen molar-refractivity contribution in [2.45, 2.75) is 32.0 Å². The van der Waals surface area contributed by atoms with E-state index in [0.29, 0.717) is 18.7 Å². The number of rotatable bonds is 6. The first kappa shape index (κ1) is 16.6. The number of alkyl halides is 1. The highest BCUT2D eigenvalue weighted by molar-refractivity contribution is 6.19. The van der Waals surface area contributed by atoms with Crippen LogP contribution in [0.5, 0.6) is 5.75 Å². The molecule has 0 radical (unpaired) electrons. The highest BCUT2D eigenvalue weighted by Gasteiger charge is 2.30. The van der Waals surface area contributed by atoms with Gasteiger partial charge in [0.2, 0.25) is 5.91 Å². The average molecular weight is 327 g/mol. The lowest BCUT2D eigenvalue weighted by Gasteiger charge is -2.38. The largest absolute Gasteiger partial charge is 0.497 e. The molecule has 0 bridgehead atoms. The Balaban J connectivity index is 2.30. The van der Waals surface area contributed by atoms with E-state index in [0.717, 1.165) is 11.3 Å². The van der Waals surface area contributed by atoms with Crippen LogP contribution in [0, 0.1) is 0 Å². The van der Waals surface area contributed by atoms with E-state index in [1.807, 2.05) is 12.1 Å². The molecule has 1 atom stereocenters. The molecule has 22 heavy (non-hydrogen) atoms. The molecule has 0 aliphatic carbocycles. The lowest BCUT2D eigenvalue weighted by molar-refractivity contribution is -0.137. The summed E-state index contributed by atoms with van der Waals surface area (Å²) in [5.74, 6) is -0.0581. The van der Waals surface area contributed by atoms with Gasteiger partial charge in [0.15, 0.2) is 0 Å². The quantitative estimate of drug-likeness (QED) is 0.781. The number of amides is 1. The van der Waals surface area contributed by atoms with Crippen molar-refractivity contribution < 1.29 is 19.4 Å². The summed E-state index contributed by atoms with van der Waals surface area (Å²) in [6.45, 7) is 0.557. The first-order valence-corrected chi connectivity index (χ1v) is 7.60. The van der Waals surface area contributed by atoms with E-state index in [1.165, 1.54) is 0 Å². The number of carboxylic acid groups (broad SMARTS) is 1. The van der Waals surface area contributed by atoms with Crippen molar-refractivity contribution in [3.63, 3.8) is 0 Å². The van der Waals surface area contributed by atoms with Crippen LogP contribution in [-0.2, 0) is 16.1 Å². The second-order valence-corrected chi connectivity index (χ2v) is 5.40. The highest BCUT2D eigenvalue weighted by Crippen LogP contribution is 2.31. The number of carbonyl (C=O) groups is 2. The van der Waals surface area contributed by atoms with E-state index in [2.05, 4.69) is 5.32 Å². The Bertz CT molecular complexity index is 564. The third-order valence-electron chi connectivity index (χ3n) is 3.59. The predicted octanol–water partition coefficient (Wildman–Crippen LogP) is 1.95. The van der Waals surface area contributed by atoms with Crippen LogP contribution >= 0.6 is 11.6 Å². The third kappa shape index (κ3) is 3.69. The van der Waals surface area contributed by atoms with Crippen LogP contribution in [0.25, 0.3) is 0 Å². The molecule has 1 amide bonds. The molecule has 7 heteroatoms. The van der Waals surface area contributed by atoms with Crippen molar-refractivity contribution >= 4 is 29.2 Å². The number of carbonyl (C=O) groups excluding carboxylic acids is 1. The molecule has 0 spiro atoms. The number of fused-ring (bicyclic) bond motifs is 1. The Labute approximate surface area is 134 Å². The van der Waals surface area contributed by atoms with Crippen molar-refractivity contribution in [3.8, 4) is 5.75 Å². The lowest BCUT2D eigenvalue weighted by atomic mass is 10.0. The van der Waals surface area contributed by atoms with Crippen LogP contribution in [0.15, 0.2) is 18.2 Å². The van der Waals surface area contributed by atoms with Crippen LogP contribution in [0.3, 0.4) is 0 Å². The molecular formula is C15H19ClN2O4. The molecule has 1 aliphatic heterocycles. The van der Waals surface area contributed by atoms with Crippen molar-refractivity contribution in [2.75, 3.05) is 17.9 Å². The van der Waals surface area contributed by atoms with Gasteiger partial charge in [0.25, 0.3) is 0 Å².